The van der Waals surface area contributed by atoms with Crippen molar-refractivity contribution in [2.45, 2.75) is 38.3 Å². The van der Waals surface area contributed by atoms with Gasteiger partial charge >= 0.3 is 0 Å². The number of pyridine rings is 1. The van der Waals surface area contributed by atoms with Crippen molar-refractivity contribution in [3.63, 3.8) is 0 Å². The molecule has 158 valence electrons. The van der Waals surface area contributed by atoms with E-state index in [1.807, 2.05) is 42.6 Å². The van der Waals surface area contributed by atoms with Crippen LogP contribution < -0.4 is 0 Å². The third-order valence-electron chi connectivity index (χ3n) is 6.19. The minimum atomic E-state index is 0.172. The fourth-order valence-corrected chi connectivity index (χ4v) is 4.75. The van der Waals surface area contributed by atoms with Gasteiger partial charge in [-0.15, -0.1) is 0 Å². The van der Waals surface area contributed by atoms with Gasteiger partial charge in [-0.3, -0.25) is 4.98 Å². The van der Waals surface area contributed by atoms with Gasteiger partial charge in [-0.05, 0) is 50.1 Å². The molecule has 4 heterocycles. The number of aromatic nitrogens is 4. The fourth-order valence-electron chi connectivity index (χ4n) is 4.75. The molecule has 1 aliphatic heterocycles. The Morgan fingerprint density at radius 2 is 2.03 bits per heavy atom. The second kappa shape index (κ2) is 7.43. The molecule has 0 N–H and O–H groups in total. The molecule has 0 amide bonds. The van der Waals surface area contributed by atoms with Gasteiger partial charge in [0.2, 0.25) is 5.89 Å². The van der Waals surface area contributed by atoms with E-state index in [-0.39, 0.29) is 12.1 Å². The van der Waals surface area contributed by atoms with Crippen LogP contribution in [0, 0.1) is 11.3 Å². The van der Waals surface area contributed by atoms with Crippen molar-refractivity contribution in [2.24, 2.45) is 0 Å². The zero-order valence-electron chi connectivity index (χ0n) is 17.7. The number of hydrogen-bond acceptors (Lipinski definition) is 6. The monoisotopic (exact) mass is 423 g/mol. The van der Waals surface area contributed by atoms with Crippen LogP contribution in [0.4, 0.5) is 0 Å². The normalized spacial score (nSPS) is 19.0. The lowest BCUT2D eigenvalue weighted by Crippen LogP contribution is -2.26. The van der Waals surface area contributed by atoms with Crippen LogP contribution in [0.15, 0.2) is 53.1 Å². The molecular formula is C25H21N5O2. The van der Waals surface area contributed by atoms with Gasteiger partial charge in [-0.1, -0.05) is 12.1 Å². The van der Waals surface area contributed by atoms with E-state index in [1.165, 1.54) is 0 Å². The van der Waals surface area contributed by atoms with Crippen LogP contribution in [0.25, 0.3) is 33.0 Å². The highest BCUT2D eigenvalue weighted by molar-refractivity contribution is 6.03. The van der Waals surface area contributed by atoms with Crippen LogP contribution in [0.3, 0.4) is 0 Å². The Morgan fingerprint density at radius 1 is 1.12 bits per heavy atom. The van der Waals surface area contributed by atoms with Gasteiger partial charge < -0.3 is 13.7 Å². The number of hydrogen-bond donors (Lipinski definition) is 0. The van der Waals surface area contributed by atoms with E-state index in [2.05, 4.69) is 27.5 Å². The Hall–Kier alpha value is -3.76. The van der Waals surface area contributed by atoms with Crippen molar-refractivity contribution in [3.05, 3.63) is 65.9 Å². The lowest BCUT2D eigenvalue weighted by molar-refractivity contribution is 0.00629. The molecule has 5 aromatic rings. The summed E-state index contributed by atoms with van der Waals surface area (Å²) < 4.78 is 14.1. The van der Waals surface area contributed by atoms with Crippen molar-refractivity contribution < 1.29 is 9.15 Å². The highest BCUT2D eigenvalue weighted by Gasteiger charge is 2.27. The number of oxazole rings is 1. The number of rotatable bonds is 3. The van der Waals surface area contributed by atoms with Crippen molar-refractivity contribution in [2.75, 3.05) is 6.61 Å². The molecule has 32 heavy (non-hydrogen) atoms. The van der Waals surface area contributed by atoms with Crippen LogP contribution >= 0.6 is 0 Å². The zero-order valence-corrected chi connectivity index (χ0v) is 17.7. The summed E-state index contributed by atoms with van der Waals surface area (Å²) >= 11 is 0. The molecule has 1 aliphatic rings. The molecule has 0 bridgehead atoms. The number of imidazole rings is 1. The summed E-state index contributed by atoms with van der Waals surface area (Å²) in [6.45, 7) is 2.82. The summed E-state index contributed by atoms with van der Waals surface area (Å²) in [6, 6.07) is 15.9. The summed E-state index contributed by atoms with van der Waals surface area (Å²) in [5, 5.41) is 10.4. The van der Waals surface area contributed by atoms with E-state index >= 15 is 0 Å². The SMILES string of the molecule is C[C@@H]1C[C@H](n2c(Cc3nc4ccccc4o3)nc3cnc4ccc(C#N)cc4c32)CCO1. The van der Waals surface area contributed by atoms with E-state index in [9.17, 15) is 5.26 Å². The first-order valence-electron chi connectivity index (χ1n) is 10.9. The number of fused-ring (bicyclic) bond motifs is 4. The molecule has 1 fully saturated rings. The van der Waals surface area contributed by atoms with Gasteiger partial charge in [0, 0.05) is 18.0 Å². The van der Waals surface area contributed by atoms with E-state index in [1.54, 1.807) is 6.07 Å². The number of benzene rings is 2. The molecule has 0 radical (unpaired) electrons. The molecule has 0 spiro atoms. The topological polar surface area (TPSA) is 89.8 Å². The quantitative estimate of drug-likeness (QED) is 0.409. The zero-order chi connectivity index (χ0) is 21.7. The molecule has 7 nitrogen and oxygen atoms in total. The molecule has 2 atom stereocenters. The molecule has 2 aromatic carbocycles. The molecule has 7 heteroatoms. The second-order valence-corrected chi connectivity index (χ2v) is 8.35. The van der Waals surface area contributed by atoms with Gasteiger partial charge in [-0.2, -0.15) is 5.26 Å². The Bertz CT molecular complexity index is 1480. The highest BCUT2D eigenvalue weighted by atomic mass is 16.5. The summed E-state index contributed by atoms with van der Waals surface area (Å²) in [6.07, 6.45) is 4.27. The molecule has 0 unspecified atom stereocenters. The van der Waals surface area contributed by atoms with Gasteiger partial charge in [-0.25, -0.2) is 9.97 Å². The highest BCUT2D eigenvalue weighted by Crippen LogP contribution is 2.34. The molecule has 6 rings (SSSR count). The largest absolute Gasteiger partial charge is 0.440 e. The average Bonchev–Trinajstić information content (AvgIpc) is 3.39. The number of nitriles is 1. The van der Waals surface area contributed by atoms with Gasteiger partial charge in [0.1, 0.15) is 16.9 Å². The van der Waals surface area contributed by atoms with E-state index in [0.29, 0.717) is 24.5 Å². The Labute approximate surface area is 184 Å². The molecule has 1 saturated heterocycles. The third kappa shape index (κ3) is 3.12. The van der Waals surface area contributed by atoms with Crippen LogP contribution in [0.2, 0.25) is 0 Å². The predicted molar refractivity (Wildman–Crippen MR) is 120 cm³/mol. The lowest BCUT2D eigenvalue weighted by Gasteiger charge is -2.30. The first-order chi connectivity index (χ1) is 15.7. The average molecular weight is 423 g/mol. The first-order valence-corrected chi connectivity index (χ1v) is 10.9. The first kappa shape index (κ1) is 19.0. The third-order valence-corrected chi connectivity index (χ3v) is 6.19. The molecular weight excluding hydrogens is 402 g/mol. The summed E-state index contributed by atoms with van der Waals surface area (Å²) in [5.74, 6) is 1.53. The smallest absolute Gasteiger partial charge is 0.203 e. The van der Waals surface area contributed by atoms with Crippen LogP contribution in [0.1, 0.15) is 43.1 Å². The Balaban J connectivity index is 1.57. The number of para-hydroxylation sites is 2. The van der Waals surface area contributed by atoms with Crippen molar-refractivity contribution in [1.29, 1.82) is 5.26 Å². The Kier molecular flexibility index (Phi) is 4.40. The number of ether oxygens (including phenoxy) is 1. The van der Waals surface area contributed by atoms with E-state index < -0.39 is 0 Å². The van der Waals surface area contributed by atoms with Gasteiger partial charge in [0.05, 0.1) is 41.4 Å². The lowest BCUT2D eigenvalue weighted by atomic mass is 10.0. The molecule has 3 aromatic heterocycles. The van der Waals surface area contributed by atoms with Gasteiger partial charge in [0.25, 0.3) is 0 Å². The van der Waals surface area contributed by atoms with Crippen LogP contribution in [-0.2, 0) is 11.2 Å². The minimum absolute atomic E-state index is 0.172. The van der Waals surface area contributed by atoms with E-state index in [0.717, 1.165) is 51.7 Å². The van der Waals surface area contributed by atoms with Crippen LogP contribution in [0.5, 0.6) is 0 Å². The van der Waals surface area contributed by atoms with Gasteiger partial charge in [0.15, 0.2) is 5.58 Å². The minimum Gasteiger partial charge on any atom is -0.440 e. The fraction of sp³-hybridized carbons (Fsp3) is 0.280. The van der Waals surface area contributed by atoms with Crippen molar-refractivity contribution >= 4 is 33.0 Å². The van der Waals surface area contributed by atoms with Crippen molar-refractivity contribution in [3.8, 4) is 6.07 Å². The summed E-state index contributed by atoms with van der Waals surface area (Å²) in [5.41, 5.74) is 4.91. The van der Waals surface area contributed by atoms with E-state index in [4.69, 9.17) is 14.1 Å². The molecule has 0 saturated carbocycles. The predicted octanol–water partition coefficient (Wildman–Crippen LogP) is 4.93. The maximum absolute atomic E-state index is 9.46. The maximum atomic E-state index is 9.46. The standard InChI is InChI=1S/C25H21N5O2/c1-15-10-17(8-9-31-15)30-23(12-24-29-20-4-2-3-5-22(20)32-24)28-21-14-27-19-7-6-16(13-26)11-18(19)25(21)30/h2-7,11,14-15,17H,8-10,12H2,1H3/t15-,17-/m1/s1. The Morgan fingerprint density at radius 3 is 2.88 bits per heavy atom. The van der Waals surface area contributed by atoms with Crippen molar-refractivity contribution in [1.82, 2.24) is 19.5 Å². The second-order valence-electron chi connectivity index (χ2n) is 8.35. The number of nitrogens with zero attached hydrogens (tertiary/aromatic N) is 5. The summed E-state index contributed by atoms with van der Waals surface area (Å²) in [4.78, 5) is 14.2. The maximum Gasteiger partial charge on any atom is 0.203 e. The summed E-state index contributed by atoms with van der Waals surface area (Å²) in [7, 11) is 0. The van der Waals surface area contributed by atoms with Crippen LogP contribution in [-0.4, -0.2) is 32.2 Å². The molecule has 0 aliphatic carbocycles.